The molecule has 4 aromatic rings. The van der Waals surface area contributed by atoms with Gasteiger partial charge in [-0.3, -0.25) is 4.79 Å². The topological polar surface area (TPSA) is 66.4 Å². The van der Waals surface area contributed by atoms with Crippen LogP contribution in [0.4, 0.5) is 0 Å². The summed E-state index contributed by atoms with van der Waals surface area (Å²) in [5, 5.41) is 17.0. The minimum absolute atomic E-state index is 0.275. The van der Waals surface area contributed by atoms with Gasteiger partial charge >= 0.3 is 5.97 Å². The highest BCUT2D eigenvalue weighted by Crippen LogP contribution is 2.30. The van der Waals surface area contributed by atoms with E-state index in [1.165, 1.54) is 5.39 Å². The highest BCUT2D eigenvalue weighted by molar-refractivity contribution is 7.80. The predicted molar refractivity (Wildman–Crippen MR) is 137 cm³/mol. The van der Waals surface area contributed by atoms with Crippen molar-refractivity contribution < 1.29 is 14.7 Å². The third kappa shape index (κ3) is 5.37. The van der Waals surface area contributed by atoms with Crippen molar-refractivity contribution in [3.8, 4) is 0 Å². The fourth-order valence-corrected chi connectivity index (χ4v) is 4.60. The van der Waals surface area contributed by atoms with Gasteiger partial charge in [-0.15, -0.1) is 0 Å². The van der Waals surface area contributed by atoms with E-state index in [1.54, 1.807) is 0 Å². The molecule has 4 rings (SSSR count). The van der Waals surface area contributed by atoms with Crippen molar-refractivity contribution >= 4 is 46.1 Å². The second-order valence-electron chi connectivity index (χ2n) is 8.31. The zero-order valence-corrected chi connectivity index (χ0v) is 19.2. The monoisotopic (exact) mass is 457 g/mol. The maximum Gasteiger partial charge on any atom is 0.326 e. The Hall–Kier alpha value is -3.31. The van der Waals surface area contributed by atoms with Gasteiger partial charge in [-0.25, -0.2) is 4.79 Å². The lowest BCUT2D eigenvalue weighted by Crippen LogP contribution is -2.44. The molecule has 0 bridgehead atoms. The van der Waals surface area contributed by atoms with Gasteiger partial charge in [-0.1, -0.05) is 84.9 Å². The van der Waals surface area contributed by atoms with Crippen molar-refractivity contribution in [2.45, 2.75) is 25.3 Å². The number of hydrogen-bond acceptors (Lipinski definition) is 3. The van der Waals surface area contributed by atoms with Gasteiger partial charge in [0.25, 0.3) is 0 Å². The zero-order chi connectivity index (χ0) is 23.2. The second kappa shape index (κ2) is 10.5. The number of amides is 1. The summed E-state index contributed by atoms with van der Waals surface area (Å²) in [5.41, 5.74) is 2.11. The lowest BCUT2D eigenvalue weighted by molar-refractivity contribution is -0.142. The van der Waals surface area contributed by atoms with Gasteiger partial charge < -0.3 is 10.4 Å². The summed E-state index contributed by atoms with van der Waals surface area (Å²) in [5.74, 6) is -1.40. The number of nitrogens with one attached hydrogen (secondary N) is 1. The number of carbonyl (C=O) groups is 2. The fourth-order valence-electron chi connectivity index (χ4n) is 4.31. The largest absolute Gasteiger partial charge is 0.480 e. The lowest BCUT2D eigenvalue weighted by Gasteiger charge is -2.20. The number of carbonyl (C=O) groups excluding carboxylic acids is 1. The van der Waals surface area contributed by atoms with Gasteiger partial charge in [0.1, 0.15) is 6.04 Å². The Kier molecular flexibility index (Phi) is 7.30. The minimum Gasteiger partial charge on any atom is -0.480 e. The first kappa shape index (κ1) is 22.9. The first-order valence-corrected chi connectivity index (χ1v) is 11.8. The van der Waals surface area contributed by atoms with Crippen molar-refractivity contribution in [2.24, 2.45) is 5.92 Å². The van der Waals surface area contributed by atoms with E-state index in [-0.39, 0.29) is 5.91 Å². The minimum atomic E-state index is -1.02. The van der Waals surface area contributed by atoms with Crippen LogP contribution in [0.5, 0.6) is 0 Å². The van der Waals surface area contributed by atoms with E-state index in [4.69, 9.17) is 0 Å². The van der Waals surface area contributed by atoms with Crippen molar-refractivity contribution in [1.29, 1.82) is 0 Å². The molecule has 4 aromatic carbocycles. The number of carboxylic acid groups (broad SMARTS) is 1. The summed E-state index contributed by atoms with van der Waals surface area (Å²) >= 11 is 4.43. The Balaban J connectivity index is 1.53. The second-order valence-corrected chi connectivity index (χ2v) is 8.67. The van der Waals surface area contributed by atoms with Gasteiger partial charge in [-0.2, -0.15) is 12.6 Å². The van der Waals surface area contributed by atoms with E-state index in [2.05, 4.69) is 48.3 Å². The quantitative estimate of drug-likeness (QED) is 0.237. The third-order valence-electron chi connectivity index (χ3n) is 6.09. The van der Waals surface area contributed by atoms with Crippen LogP contribution in [0.25, 0.3) is 21.5 Å². The predicted octanol–water partition coefficient (Wildman–Crippen LogP) is 5.28. The van der Waals surface area contributed by atoms with Crippen LogP contribution in [-0.4, -0.2) is 28.8 Å². The van der Waals surface area contributed by atoms with Crippen LogP contribution < -0.4 is 5.32 Å². The molecule has 33 heavy (non-hydrogen) atoms. The molecule has 0 heterocycles. The van der Waals surface area contributed by atoms with E-state index >= 15 is 0 Å². The molecule has 5 heteroatoms. The zero-order valence-electron chi connectivity index (χ0n) is 18.3. The molecular weight excluding hydrogens is 430 g/mol. The number of thiol groups is 1. The summed E-state index contributed by atoms with van der Waals surface area (Å²) < 4.78 is 0. The molecular formula is C28H27NO3S. The number of aliphatic carboxylic acids is 1. The Labute approximate surface area is 199 Å². The number of rotatable bonds is 9. The smallest absolute Gasteiger partial charge is 0.326 e. The van der Waals surface area contributed by atoms with E-state index in [1.807, 2.05) is 54.6 Å². The molecule has 4 nitrogen and oxygen atoms in total. The average Bonchev–Trinajstić information content (AvgIpc) is 2.85. The van der Waals surface area contributed by atoms with Gasteiger partial charge in [-0.05, 0) is 51.9 Å². The van der Waals surface area contributed by atoms with Gasteiger partial charge in [0, 0.05) is 5.75 Å². The molecule has 0 fully saturated rings. The molecule has 0 aliphatic carbocycles. The van der Waals surface area contributed by atoms with Crippen LogP contribution in [0.2, 0.25) is 0 Å². The number of fused-ring (bicyclic) bond motifs is 3. The molecule has 1 unspecified atom stereocenters. The van der Waals surface area contributed by atoms with Crippen molar-refractivity contribution in [3.63, 3.8) is 0 Å². The number of carboxylic acids is 1. The summed E-state index contributed by atoms with van der Waals surface area (Å²) in [6, 6.07) is 27.3. The summed E-state index contributed by atoms with van der Waals surface area (Å²) in [6.07, 6.45) is 1.41. The number of benzene rings is 4. The third-order valence-corrected chi connectivity index (χ3v) is 6.53. The summed E-state index contributed by atoms with van der Waals surface area (Å²) in [7, 11) is 0. The van der Waals surface area contributed by atoms with E-state index < -0.39 is 17.9 Å². The van der Waals surface area contributed by atoms with Crippen LogP contribution in [-0.2, 0) is 22.4 Å². The molecule has 168 valence electrons. The van der Waals surface area contributed by atoms with Gasteiger partial charge in [0.15, 0.2) is 0 Å². The van der Waals surface area contributed by atoms with E-state index in [0.29, 0.717) is 25.0 Å². The van der Waals surface area contributed by atoms with E-state index in [9.17, 15) is 14.7 Å². The maximum absolute atomic E-state index is 13.1. The molecule has 1 amide bonds. The average molecular weight is 458 g/mol. The molecule has 0 radical (unpaired) electrons. The molecule has 0 aliphatic rings. The molecule has 0 aliphatic heterocycles. The van der Waals surface area contributed by atoms with Crippen molar-refractivity contribution in [3.05, 3.63) is 96.1 Å². The summed E-state index contributed by atoms with van der Waals surface area (Å²) in [4.78, 5) is 24.9. The highest BCUT2D eigenvalue weighted by Gasteiger charge is 2.25. The van der Waals surface area contributed by atoms with Crippen LogP contribution in [0.1, 0.15) is 17.5 Å². The molecule has 0 saturated carbocycles. The van der Waals surface area contributed by atoms with Crippen LogP contribution in [0, 0.1) is 5.92 Å². The van der Waals surface area contributed by atoms with Crippen molar-refractivity contribution in [1.82, 2.24) is 5.32 Å². The lowest BCUT2D eigenvalue weighted by atomic mass is 9.91. The Bertz CT molecular complexity index is 1270. The first-order chi connectivity index (χ1) is 16.1. The number of hydrogen-bond donors (Lipinski definition) is 3. The molecule has 0 aromatic heterocycles. The molecule has 2 atom stereocenters. The van der Waals surface area contributed by atoms with Gasteiger partial charge in [0.05, 0.1) is 5.92 Å². The Morgan fingerprint density at radius 1 is 0.848 bits per heavy atom. The van der Waals surface area contributed by atoms with Crippen LogP contribution >= 0.6 is 12.6 Å². The molecule has 0 saturated heterocycles. The fraction of sp³-hybridized carbons (Fsp3) is 0.214. The standard InChI is InChI=1S/C28H27NO3S/c30-27(29-26(28(31)32)15-14-19-8-2-1-3-9-19)22(18-33)17-21-16-20-10-4-5-11-23(20)25-13-7-6-12-24(21)25/h1-13,16,22,26,33H,14-15,17-18H2,(H,29,30)(H,31,32)/t22?,26-/m1/s1. The Morgan fingerprint density at radius 3 is 2.18 bits per heavy atom. The normalized spacial score (nSPS) is 13.0. The highest BCUT2D eigenvalue weighted by atomic mass is 32.1. The first-order valence-electron chi connectivity index (χ1n) is 11.1. The van der Waals surface area contributed by atoms with Crippen LogP contribution in [0.3, 0.4) is 0 Å². The number of aryl methyl sites for hydroxylation is 1. The SMILES string of the molecule is O=C(N[C@H](CCc1ccccc1)C(=O)O)C(CS)Cc1cc2ccccc2c2ccccc12. The summed E-state index contributed by atoms with van der Waals surface area (Å²) in [6.45, 7) is 0. The van der Waals surface area contributed by atoms with Gasteiger partial charge in [0.2, 0.25) is 5.91 Å². The molecule has 2 N–H and O–H groups in total. The molecule has 0 spiro atoms. The maximum atomic E-state index is 13.1. The van der Waals surface area contributed by atoms with Crippen LogP contribution in [0.15, 0.2) is 84.9 Å². The van der Waals surface area contributed by atoms with Crippen molar-refractivity contribution in [2.75, 3.05) is 5.75 Å². The van der Waals surface area contributed by atoms with E-state index in [0.717, 1.165) is 27.3 Å². The Morgan fingerprint density at radius 2 is 1.48 bits per heavy atom.